The van der Waals surface area contributed by atoms with Gasteiger partial charge in [0.25, 0.3) is 5.91 Å². The normalized spacial score (nSPS) is 15.3. The van der Waals surface area contributed by atoms with Crippen LogP contribution in [0.15, 0.2) is 43.1 Å². The summed E-state index contributed by atoms with van der Waals surface area (Å²) in [5.74, 6) is 0.696. The Labute approximate surface area is 150 Å². The summed E-state index contributed by atoms with van der Waals surface area (Å²) in [5.41, 5.74) is 1.32. The lowest BCUT2D eigenvalue weighted by molar-refractivity contribution is 0.0947. The molecule has 4 rings (SSSR count). The highest BCUT2D eigenvalue weighted by molar-refractivity contribution is 5.94. The second kappa shape index (κ2) is 7.44. The van der Waals surface area contributed by atoms with E-state index in [0.717, 1.165) is 44.3 Å². The van der Waals surface area contributed by atoms with Crippen molar-refractivity contribution in [2.45, 2.75) is 0 Å². The Morgan fingerprint density at radius 3 is 2.73 bits per heavy atom. The second-order valence-corrected chi connectivity index (χ2v) is 6.15. The van der Waals surface area contributed by atoms with Gasteiger partial charge < -0.3 is 10.2 Å². The number of carbonyl (C=O) groups is 1. The molecule has 0 saturated carbocycles. The van der Waals surface area contributed by atoms with E-state index in [1.54, 1.807) is 41.5 Å². The first-order valence-electron chi connectivity index (χ1n) is 8.61. The molecular formula is C17H20N8O. The molecule has 1 aliphatic rings. The summed E-state index contributed by atoms with van der Waals surface area (Å²) in [6.07, 6.45) is 6.86. The van der Waals surface area contributed by atoms with Gasteiger partial charge in [-0.05, 0) is 18.2 Å². The molecule has 1 aliphatic heterocycles. The standard InChI is InChI=1S/C17H20N8O/c26-16(14-2-3-15-22-21-13-25(15)12-14)18-6-7-23-8-10-24(11-9-23)17-19-4-1-5-20-17/h1-5,12-13H,6-11H2,(H,18,26). The van der Waals surface area contributed by atoms with Gasteiger partial charge in [-0.25, -0.2) is 9.97 Å². The van der Waals surface area contributed by atoms with Crippen LogP contribution in [0.2, 0.25) is 0 Å². The maximum Gasteiger partial charge on any atom is 0.252 e. The number of anilines is 1. The Balaban J connectivity index is 1.23. The fraction of sp³-hybridized carbons (Fsp3) is 0.353. The Bertz CT molecular complexity index is 873. The van der Waals surface area contributed by atoms with Gasteiger partial charge in [0.1, 0.15) is 6.33 Å². The van der Waals surface area contributed by atoms with Gasteiger partial charge in [0.2, 0.25) is 5.95 Å². The molecule has 0 radical (unpaired) electrons. The van der Waals surface area contributed by atoms with Crippen LogP contribution in [0.5, 0.6) is 0 Å². The average Bonchev–Trinajstić information content (AvgIpc) is 3.17. The van der Waals surface area contributed by atoms with Crippen LogP contribution in [0.25, 0.3) is 5.65 Å². The van der Waals surface area contributed by atoms with Crippen LogP contribution < -0.4 is 10.2 Å². The van der Waals surface area contributed by atoms with Crippen molar-refractivity contribution < 1.29 is 4.79 Å². The lowest BCUT2D eigenvalue weighted by Crippen LogP contribution is -2.49. The maximum absolute atomic E-state index is 12.3. The van der Waals surface area contributed by atoms with Gasteiger partial charge in [-0.2, -0.15) is 0 Å². The molecule has 0 aliphatic carbocycles. The Morgan fingerprint density at radius 2 is 1.92 bits per heavy atom. The fourth-order valence-corrected chi connectivity index (χ4v) is 3.02. The molecule has 0 unspecified atom stereocenters. The smallest absolute Gasteiger partial charge is 0.252 e. The molecule has 0 atom stereocenters. The molecule has 26 heavy (non-hydrogen) atoms. The topological polar surface area (TPSA) is 91.5 Å². The van der Waals surface area contributed by atoms with E-state index in [4.69, 9.17) is 0 Å². The van der Waals surface area contributed by atoms with Crippen molar-refractivity contribution in [1.29, 1.82) is 0 Å². The molecule has 3 aromatic heterocycles. The molecule has 1 amide bonds. The van der Waals surface area contributed by atoms with Crippen molar-refractivity contribution in [3.63, 3.8) is 0 Å². The average molecular weight is 352 g/mol. The van der Waals surface area contributed by atoms with Gasteiger partial charge >= 0.3 is 0 Å². The van der Waals surface area contributed by atoms with Crippen LogP contribution in [0.3, 0.4) is 0 Å². The highest BCUT2D eigenvalue weighted by Crippen LogP contribution is 2.09. The Morgan fingerprint density at radius 1 is 1.12 bits per heavy atom. The third-order valence-electron chi connectivity index (χ3n) is 4.47. The highest BCUT2D eigenvalue weighted by Gasteiger charge is 2.18. The predicted octanol–water partition coefficient (Wildman–Crippen LogP) is 0.0713. The molecule has 9 nitrogen and oxygen atoms in total. The molecule has 0 aromatic carbocycles. The van der Waals surface area contributed by atoms with Gasteiger partial charge in [0.05, 0.1) is 5.56 Å². The van der Waals surface area contributed by atoms with Crippen molar-refractivity contribution in [1.82, 2.24) is 34.8 Å². The van der Waals surface area contributed by atoms with Crippen LogP contribution in [-0.4, -0.2) is 74.6 Å². The number of aromatic nitrogens is 5. The van der Waals surface area contributed by atoms with Crippen molar-refractivity contribution in [2.75, 3.05) is 44.2 Å². The summed E-state index contributed by atoms with van der Waals surface area (Å²) in [7, 11) is 0. The predicted molar refractivity (Wildman–Crippen MR) is 96.0 cm³/mol. The first kappa shape index (κ1) is 16.4. The number of piperazine rings is 1. The van der Waals surface area contributed by atoms with Gasteiger partial charge in [0.15, 0.2) is 5.65 Å². The molecule has 0 bridgehead atoms. The SMILES string of the molecule is O=C(NCCN1CCN(c2ncccn2)CC1)c1ccc2nncn2c1. The number of fused-ring (bicyclic) bond motifs is 1. The number of hydrogen-bond donors (Lipinski definition) is 1. The summed E-state index contributed by atoms with van der Waals surface area (Å²) in [4.78, 5) is 25.4. The van der Waals surface area contributed by atoms with Crippen LogP contribution in [0.4, 0.5) is 5.95 Å². The minimum atomic E-state index is -0.0862. The summed E-state index contributed by atoms with van der Waals surface area (Å²) in [6, 6.07) is 5.37. The molecule has 9 heteroatoms. The third kappa shape index (κ3) is 3.62. The maximum atomic E-state index is 12.3. The third-order valence-corrected chi connectivity index (χ3v) is 4.47. The van der Waals surface area contributed by atoms with Gasteiger partial charge in [0, 0.05) is 57.9 Å². The number of hydrogen-bond acceptors (Lipinski definition) is 7. The van der Waals surface area contributed by atoms with Gasteiger partial charge in [-0.1, -0.05) is 0 Å². The summed E-state index contributed by atoms with van der Waals surface area (Å²) < 4.78 is 1.74. The van der Waals surface area contributed by atoms with E-state index in [0.29, 0.717) is 12.1 Å². The van der Waals surface area contributed by atoms with E-state index in [1.165, 1.54) is 0 Å². The van der Waals surface area contributed by atoms with E-state index in [-0.39, 0.29) is 5.91 Å². The highest BCUT2D eigenvalue weighted by atomic mass is 16.1. The number of amides is 1. The van der Waals surface area contributed by atoms with E-state index in [9.17, 15) is 4.79 Å². The molecular weight excluding hydrogens is 332 g/mol. The zero-order valence-electron chi connectivity index (χ0n) is 14.3. The largest absolute Gasteiger partial charge is 0.351 e. The van der Waals surface area contributed by atoms with Gasteiger partial charge in [-0.15, -0.1) is 10.2 Å². The van der Waals surface area contributed by atoms with E-state index in [2.05, 4.69) is 35.3 Å². The van der Waals surface area contributed by atoms with Crippen molar-refractivity contribution in [3.8, 4) is 0 Å². The number of nitrogens with zero attached hydrogens (tertiary/aromatic N) is 7. The molecule has 1 saturated heterocycles. The first-order chi connectivity index (χ1) is 12.8. The van der Waals surface area contributed by atoms with Gasteiger partial charge in [-0.3, -0.25) is 14.1 Å². The fourth-order valence-electron chi connectivity index (χ4n) is 3.02. The molecule has 134 valence electrons. The number of rotatable bonds is 5. The number of pyridine rings is 1. The van der Waals surface area contributed by atoms with Crippen molar-refractivity contribution >= 4 is 17.5 Å². The Hall–Kier alpha value is -3.07. The summed E-state index contributed by atoms with van der Waals surface area (Å²) in [6.45, 7) is 5.08. The minimum absolute atomic E-state index is 0.0862. The zero-order valence-corrected chi connectivity index (χ0v) is 14.3. The van der Waals surface area contributed by atoms with E-state index >= 15 is 0 Å². The summed E-state index contributed by atoms with van der Waals surface area (Å²) in [5, 5.41) is 10.7. The summed E-state index contributed by atoms with van der Waals surface area (Å²) >= 11 is 0. The Kier molecular flexibility index (Phi) is 4.69. The zero-order chi connectivity index (χ0) is 17.8. The minimum Gasteiger partial charge on any atom is -0.351 e. The van der Waals surface area contributed by atoms with E-state index < -0.39 is 0 Å². The van der Waals surface area contributed by atoms with Crippen molar-refractivity contribution in [3.05, 3.63) is 48.7 Å². The molecule has 4 heterocycles. The lowest BCUT2D eigenvalue weighted by Gasteiger charge is -2.34. The number of nitrogens with one attached hydrogen (secondary N) is 1. The quantitative estimate of drug-likeness (QED) is 0.695. The van der Waals surface area contributed by atoms with Crippen molar-refractivity contribution in [2.24, 2.45) is 0 Å². The lowest BCUT2D eigenvalue weighted by atomic mass is 10.2. The molecule has 0 spiro atoms. The van der Waals surface area contributed by atoms with Crippen LogP contribution >= 0.6 is 0 Å². The van der Waals surface area contributed by atoms with Crippen LogP contribution in [-0.2, 0) is 0 Å². The van der Waals surface area contributed by atoms with E-state index in [1.807, 2.05) is 6.07 Å². The monoisotopic (exact) mass is 352 g/mol. The molecule has 1 N–H and O–H groups in total. The second-order valence-electron chi connectivity index (χ2n) is 6.15. The van der Waals surface area contributed by atoms with Crippen LogP contribution in [0, 0.1) is 0 Å². The number of carbonyl (C=O) groups excluding carboxylic acids is 1. The molecule has 3 aromatic rings. The molecule has 1 fully saturated rings. The first-order valence-corrected chi connectivity index (χ1v) is 8.61. The van der Waals surface area contributed by atoms with Crippen LogP contribution in [0.1, 0.15) is 10.4 Å².